The summed E-state index contributed by atoms with van der Waals surface area (Å²) in [5.41, 5.74) is 8.29. The number of nitrogens with two attached hydrogens (primary N) is 1. The molecule has 5 heterocycles. The van der Waals surface area contributed by atoms with Gasteiger partial charge in [-0.2, -0.15) is 0 Å². The van der Waals surface area contributed by atoms with E-state index in [1.807, 2.05) is 15.5 Å². The third-order valence-electron chi connectivity index (χ3n) is 5.67. The van der Waals surface area contributed by atoms with E-state index in [4.69, 9.17) is 10.3 Å². The Bertz CT molecular complexity index is 1170. The van der Waals surface area contributed by atoms with E-state index in [0.717, 1.165) is 12.1 Å². The van der Waals surface area contributed by atoms with Crippen molar-refractivity contribution in [1.29, 1.82) is 0 Å². The van der Waals surface area contributed by atoms with Gasteiger partial charge in [0.1, 0.15) is 17.9 Å². The Hall–Kier alpha value is -3.49. The van der Waals surface area contributed by atoms with Gasteiger partial charge < -0.3 is 19.7 Å². The minimum Gasteiger partial charge on any atom is -0.384 e. The number of carbonyl (C=O) groups excluding carboxylic acids is 1. The van der Waals surface area contributed by atoms with Crippen molar-refractivity contribution in [2.45, 2.75) is 25.8 Å². The number of aryl methyl sites for hydroxylation is 1. The van der Waals surface area contributed by atoms with Crippen LogP contribution in [-0.4, -0.2) is 43.6 Å². The minimum absolute atomic E-state index is 0.0590. The van der Waals surface area contributed by atoms with Gasteiger partial charge in [-0.05, 0) is 25.3 Å². The molecule has 5 rings (SSSR count). The van der Waals surface area contributed by atoms with Crippen LogP contribution in [0, 0.1) is 12.8 Å². The Balaban J connectivity index is 1.50. The third-order valence-corrected chi connectivity index (χ3v) is 5.67. The van der Waals surface area contributed by atoms with Crippen LogP contribution >= 0.6 is 0 Å². The lowest BCUT2D eigenvalue weighted by atomic mass is 9.82. The van der Waals surface area contributed by atoms with Crippen LogP contribution in [0.2, 0.25) is 0 Å². The molecule has 2 atom stereocenters. The fourth-order valence-electron chi connectivity index (χ4n) is 4.43. The summed E-state index contributed by atoms with van der Waals surface area (Å²) in [5.74, 6) is 1.14. The molecule has 1 saturated heterocycles. The number of pyridine rings is 1. The van der Waals surface area contributed by atoms with Crippen LogP contribution in [-0.2, 0) is 6.54 Å². The highest BCUT2D eigenvalue weighted by Crippen LogP contribution is 2.36. The quantitative estimate of drug-likeness (QED) is 0.700. The molecule has 0 saturated carbocycles. The second-order valence-corrected chi connectivity index (χ2v) is 7.78. The van der Waals surface area contributed by atoms with Gasteiger partial charge in [0.05, 0.1) is 5.69 Å². The molecule has 1 amide bonds. The minimum atomic E-state index is -0.132. The van der Waals surface area contributed by atoms with Gasteiger partial charge >= 0.3 is 0 Å². The molecule has 3 aromatic heterocycles. The van der Waals surface area contributed by atoms with Crippen LogP contribution in [0.15, 0.2) is 39.9 Å². The third kappa shape index (κ3) is 3.08. The van der Waals surface area contributed by atoms with Crippen LogP contribution in [0.4, 0.5) is 5.82 Å². The zero-order chi connectivity index (χ0) is 20.1. The Morgan fingerprint density at radius 2 is 2.03 bits per heavy atom. The lowest BCUT2D eigenvalue weighted by Crippen LogP contribution is -2.49. The maximum absolute atomic E-state index is 12.9. The first-order valence-corrected chi connectivity index (χ1v) is 9.53. The summed E-state index contributed by atoms with van der Waals surface area (Å²) in [6.45, 7) is 3.50. The molecule has 2 aliphatic heterocycles. The van der Waals surface area contributed by atoms with Gasteiger partial charge in [-0.15, -0.1) is 0 Å². The normalized spacial score (nSPS) is 20.4. The highest BCUT2D eigenvalue weighted by molar-refractivity contribution is 5.92. The molecule has 9 heteroatoms. The van der Waals surface area contributed by atoms with Crippen LogP contribution in [0.3, 0.4) is 0 Å². The topological polar surface area (TPSA) is 120 Å². The summed E-state index contributed by atoms with van der Waals surface area (Å²) in [4.78, 5) is 35.6. The van der Waals surface area contributed by atoms with Gasteiger partial charge in [-0.1, -0.05) is 5.16 Å². The average molecular weight is 392 g/mol. The number of fused-ring (bicyclic) bond motifs is 4. The molecule has 2 N–H and O–H groups in total. The van der Waals surface area contributed by atoms with E-state index < -0.39 is 0 Å². The van der Waals surface area contributed by atoms with Gasteiger partial charge in [0, 0.05) is 55.0 Å². The van der Waals surface area contributed by atoms with E-state index >= 15 is 0 Å². The highest BCUT2D eigenvalue weighted by Gasteiger charge is 2.37. The Labute approximate surface area is 166 Å². The number of anilines is 1. The van der Waals surface area contributed by atoms with Crippen LogP contribution in [0.5, 0.6) is 0 Å². The SMILES string of the molecule is Cc1cc(C(=O)N2C[C@@H]3C[C@H](C2)c2cc(-c4cc(N)ncn4)cc(=O)n2C3)no1. The standard InChI is InChI=1S/C20H20N6O3/c1-11-2-16(24-29-11)20(28)25-7-12-3-14(9-25)17-4-13(5-19(27)26(17)8-12)15-6-18(21)23-10-22-15/h2,4-6,10,12,14H,3,7-9H2,1H3,(H2,21,22,23)/t12-,14+/m0/s1. The van der Waals surface area contributed by atoms with Gasteiger partial charge in [0.2, 0.25) is 0 Å². The molecule has 2 aliphatic rings. The molecular formula is C20H20N6O3. The lowest BCUT2D eigenvalue weighted by Gasteiger charge is -2.42. The zero-order valence-electron chi connectivity index (χ0n) is 15.9. The molecule has 29 heavy (non-hydrogen) atoms. The fraction of sp³-hybridized carbons (Fsp3) is 0.350. The molecular weight excluding hydrogens is 372 g/mol. The van der Waals surface area contributed by atoms with Gasteiger partial charge in [-0.25, -0.2) is 9.97 Å². The maximum atomic E-state index is 12.9. The number of hydrogen-bond donors (Lipinski definition) is 1. The van der Waals surface area contributed by atoms with Crippen molar-refractivity contribution in [1.82, 2.24) is 24.6 Å². The Kier molecular flexibility index (Phi) is 3.97. The number of likely N-dealkylation sites (tertiary alicyclic amines) is 1. The Morgan fingerprint density at radius 3 is 2.79 bits per heavy atom. The number of hydrogen-bond acceptors (Lipinski definition) is 7. The molecule has 148 valence electrons. The summed E-state index contributed by atoms with van der Waals surface area (Å²) in [6, 6.07) is 6.88. The van der Waals surface area contributed by atoms with E-state index in [1.54, 1.807) is 25.1 Å². The van der Waals surface area contributed by atoms with Crippen molar-refractivity contribution in [2.75, 3.05) is 18.8 Å². The summed E-state index contributed by atoms with van der Waals surface area (Å²) in [6.07, 6.45) is 2.33. The van der Waals surface area contributed by atoms with Crippen molar-refractivity contribution in [2.24, 2.45) is 5.92 Å². The van der Waals surface area contributed by atoms with Crippen molar-refractivity contribution in [3.63, 3.8) is 0 Å². The van der Waals surface area contributed by atoms with E-state index in [9.17, 15) is 9.59 Å². The number of nitrogens with zero attached hydrogens (tertiary/aromatic N) is 5. The molecule has 0 spiro atoms. The number of nitrogen functional groups attached to an aromatic ring is 1. The zero-order valence-corrected chi connectivity index (χ0v) is 15.9. The maximum Gasteiger partial charge on any atom is 0.276 e. The predicted octanol–water partition coefficient (Wildman–Crippen LogP) is 1.44. The van der Waals surface area contributed by atoms with E-state index in [1.165, 1.54) is 6.33 Å². The highest BCUT2D eigenvalue weighted by atomic mass is 16.5. The number of rotatable bonds is 2. The molecule has 0 unspecified atom stereocenters. The van der Waals surface area contributed by atoms with E-state index in [0.29, 0.717) is 48.2 Å². The van der Waals surface area contributed by atoms with Crippen molar-refractivity contribution in [3.05, 3.63) is 58.1 Å². The smallest absolute Gasteiger partial charge is 0.276 e. The van der Waals surface area contributed by atoms with Gasteiger partial charge in [0.25, 0.3) is 11.5 Å². The largest absolute Gasteiger partial charge is 0.384 e. The first-order chi connectivity index (χ1) is 14.0. The second kappa shape index (κ2) is 6.54. The van der Waals surface area contributed by atoms with Crippen LogP contribution in [0.1, 0.15) is 34.3 Å². The van der Waals surface area contributed by atoms with Crippen molar-refractivity contribution < 1.29 is 9.32 Å². The number of piperidine rings is 1. The summed E-state index contributed by atoms with van der Waals surface area (Å²) >= 11 is 0. The average Bonchev–Trinajstić information content (AvgIpc) is 3.14. The summed E-state index contributed by atoms with van der Waals surface area (Å²) < 4.78 is 6.88. The molecule has 9 nitrogen and oxygen atoms in total. The monoisotopic (exact) mass is 392 g/mol. The number of aromatic nitrogens is 4. The number of carbonyl (C=O) groups is 1. The Morgan fingerprint density at radius 1 is 1.17 bits per heavy atom. The molecule has 3 aromatic rings. The molecule has 0 radical (unpaired) electrons. The molecule has 0 aliphatic carbocycles. The van der Waals surface area contributed by atoms with E-state index in [2.05, 4.69) is 15.1 Å². The van der Waals surface area contributed by atoms with Crippen LogP contribution in [0.25, 0.3) is 11.3 Å². The predicted molar refractivity (Wildman–Crippen MR) is 104 cm³/mol. The van der Waals surface area contributed by atoms with E-state index in [-0.39, 0.29) is 23.3 Å². The van der Waals surface area contributed by atoms with Gasteiger partial charge in [-0.3, -0.25) is 9.59 Å². The van der Waals surface area contributed by atoms with Crippen molar-refractivity contribution in [3.8, 4) is 11.3 Å². The van der Waals surface area contributed by atoms with Crippen molar-refractivity contribution >= 4 is 11.7 Å². The fourth-order valence-corrected chi connectivity index (χ4v) is 4.43. The summed E-state index contributed by atoms with van der Waals surface area (Å²) in [7, 11) is 0. The van der Waals surface area contributed by atoms with Crippen LogP contribution < -0.4 is 11.3 Å². The summed E-state index contributed by atoms with van der Waals surface area (Å²) in [5, 5.41) is 3.86. The molecule has 1 fully saturated rings. The second-order valence-electron chi connectivity index (χ2n) is 7.78. The number of amides is 1. The molecule has 0 aromatic carbocycles. The molecule has 2 bridgehead atoms. The first kappa shape index (κ1) is 17.6. The lowest BCUT2D eigenvalue weighted by molar-refractivity contribution is 0.0584. The first-order valence-electron chi connectivity index (χ1n) is 9.53. The van der Waals surface area contributed by atoms with Gasteiger partial charge in [0.15, 0.2) is 5.69 Å².